The van der Waals surface area contributed by atoms with E-state index in [1.807, 2.05) is 30.3 Å². The van der Waals surface area contributed by atoms with Crippen molar-refractivity contribution in [3.63, 3.8) is 0 Å². The van der Waals surface area contributed by atoms with Crippen molar-refractivity contribution in [1.29, 1.82) is 5.26 Å². The van der Waals surface area contributed by atoms with E-state index < -0.39 is 0 Å². The molecule has 282 valence electrons. The van der Waals surface area contributed by atoms with Gasteiger partial charge in [0.05, 0.1) is 60.3 Å². The van der Waals surface area contributed by atoms with Crippen molar-refractivity contribution in [2.45, 2.75) is 0 Å². The molecule has 0 saturated carbocycles. The van der Waals surface area contributed by atoms with E-state index in [9.17, 15) is 5.26 Å². The van der Waals surface area contributed by atoms with Gasteiger partial charge in [0, 0.05) is 48.4 Å². The van der Waals surface area contributed by atoms with Crippen molar-refractivity contribution in [2.24, 2.45) is 0 Å². The Kier molecular flexibility index (Phi) is 6.41. The van der Waals surface area contributed by atoms with Crippen molar-refractivity contribution in [3.8, 4) is 28.6 Å². The predicted octanol–water partition coefficient (Wildman–Crippen LogP) is 14.5. The molecule has 14 aromatic rings. The van der Waals surface area contributed by atoms with Crippen LogP contribution in [0, 0.1) is 11.3 Å². The number of aromatic nitrogens is 4. The van der Waals surface area contributed by atoms with Gasteiger partial charge in [0.1, 0.15) is 5.58 Å². The number of hydrogen-bond acceptors (Lipinski definition) is 4. The second-order valence-corrected chi connectivity index (χ2v) is 16.9. The average molecular weight is 796 g/mol. The molecule has 0 amide bonds. The van der Waals surface area contributed by atoms with Crippen molar-refractivity contribution in [1.82, 2.24) is 18.5 Å². The topological polar surface area (TPSA) is 64.1 Å². The van der Waals surface area contributed by atoms with Crippen LogP contribution in [-0.2, 0) is 0 Å². The maximum atomic E-state index is 9.77. The highest BCUT2D eigenvalue weighted by atomic mass is 32.1. The lowest BCUT2D eigenvalue weighted by Gasteiger charge is -2.10. The quantitative estimate of drug-likeness (QED) is 0.179. The minimum atomic E-state index is 0.580. The maximum Gasteiger partial charge on any atom is 0.182 e. The zero-order chi connectivity index (χ0) is 39.9. The van der Waals surface area contributed by atoms with Crippen LogP contribution in [-0.4, -0.2) is 18.5 Å². The molecule has 6 heterocycles. The van der Waals surface area contributed by atoms with E-state index in [2.05, 4.69) is 165 Å². The number of fused-ring (bicyclic) bond motifs is 18. The average Bonchev–Trinajstić information content (AvgIpc) is 4.13. The minimum absolute atomic E-state index is 0.580. The second kappa shape index (κ2) is 12.0. The zero-order valence-corrected chi connectivity index (χ0v) is 33.1. The Balaban J connectivity index is 1.000. The first-order valence-electron chi connectivity index (χ1n) is 20.3. The largest absolute Gasteiger partial charge is 0.452 e. The Morgan fingerprint density at radius 2 is 1.13 bits per heavy atom. The lowest BCUT2D eigenvalue weighted by molar-refractivity contribution is 0.670. The Bertz CT molecular complexity index is 4250. The van der Waals surface area contributed by atoms with Gasteiger partial charge in [-0.2, -0.15) is 5.26 Å². The molecule has 7 heteroatoms. The highest BCUT2D eigenvalue weighted by Crippen LogP contribution is 2.46. The number of nitrogens with zero attached hydrogens (tertiary/aromatic N) is 5. The summed E-state index contributed by atoms with van der Waals surface area (Å²) in [6, 6.07) is 65.0. The van der Waals surface area contributed by atoms with Crippen LogP contribution in [0.15, 0.2) is 180 Å². The van der Waals surface area contributed by atoms with Crippen molar-refractivity contribution < 1.29 is 4.42 Å². The number of benzene rings is 8. The van der Waals surface area contributed by atoms with Crippen molar-refractivity contribution >= 4 is 114 Å². The molecule has 6 nitrogen and oxygen atoms in total. The molecule has 8 aromatic carbocycles. The molecule has 0 spiro atoms. The summed E-state index contributed by atoms with van der Waals surface area (Å²) in [7, 11) is 0. The zero-order valence-electron chi connectivity index (χ0n) is 32.3. The van der Waals surface area contributed by atoms with Crippen LogP contribution < -0.4 is 0 Å². The van der Waals surface area contributed by atoms with Crippen LogP contribution in [0.5, 0.6) is 0 Å². The Hall–Kier alpha value is -8.18. The number of para-hydroxylation sites is 4. The van der Waals surface area contributed by atoms with Gasteiger partial charge < -0.3 is 13.6 Å². The number of pyridine rings is 1. The fourth-order valence-corrected chi connectivity index (χ4v) is 11.2. The van der Waals surface area contributed by atoms with E-state index in [1.165, 1.54) is 48.4 Å². The molecule has 6 aromatic heterocycles. The molecule has 0 N–H and O–H groups in total. The molecule has 0 atom stereocenters. The summed E-state index contributed by atoms with van der Waals surface area (Å²) in [5.41, 5.74) is 15.0. The summed E-state index contributed by atoms with van der Waals surface area (Å²) < 4.78 is 15.9. The van der Waals surface area contributed by atoms with Crippen LogP contribution in [0.3, 0.4) is 0 Å². The summed E-state index contributed by atoms with van der Waals surface area (Å²) >= 11 is 1.79. The van der Waals surface area contributed by atoms with Gasteiger partial charge in [-0.15, -0.1) is 11.3 Å². The van der Waals surface area contributed by atoms with Crippen LogP contribution in [0.25, 0.3) is 125 Å². The first kappa shape index (κ1) is 32.7. The highest BCUT2D eigenvalue weighted by Gasteiger charge is 2.24. The molecule has 61 heavy (non-hydrogen) atoms. The lowest BCUT2D eigenvalue weighted by Crippen LogP contribution is -1.94. The number of furan rings is 1. The van der Waals surface area contributed by atoms with Gasteiger partial charge >= 0.3 is 0 Å². The summed E-state index contributed by atoms with van der Waals surface area (Å²) in [5, 5.41) is 17.9. The number of thiophene rings is 1. The van der Waals surface area contributed by atoms with Crippen molar-refractivity contribution in [3.05, 3.63) is 181 Å². The molecule has 0 aliphatic carbocycles. The third-order valence-electron chi connectivity index (χ3n) is 12.6. The molecule has 0 aliphatic heterocycles. The standard InChI is InChI=1S/C54H29N5OS/c55-30-31-18-22-47-42(26-31)56-54-52-50(38-14-6-9-17-48(38)60-52)53-51(59(47)54)41-29-35(21-25-49(41)61-53)58-44-16-8-5-13-37(44)40-28-33(20-24-46(40)58)32-19-23-45-39(27-32)36-12-4-7-15-43(36)57(45)34-10-2-1-3-11-34/h1-29H. The fraction of sp³-hybridized carbons (Fsp3) is 0. The van der Waals surface area contributed by atoms with Gasteiger partial charge in [-0.1, -0.05) is 84.9 Å². The van der Waals surface area contributed by atoms with E-state index in [-0.39, 0.29) is 0 Å². The SMILES string of the molecule is N#Cc1ccc2c(c1)nc1c3oc4ccccc4c3c3sc4ccc(-n5c6ccccc6c6cc(-c7ccc8c(c7)c7ccccc7n8-c7ccccc7)ccc65)cc4c3n21. The Labute approximate surface area is 350 Å². The lowest BCUT2D eigenvalue weighted by atomic mass is 10.0. The van der Waals surface area contributed by atoms with Crippen molar-refractivity contribution in [2.75, 3.05) is 0 Å². The third kappa shape index (κ3) is 4.41. The first-order valence-corrected chi connectivity index (χ1v) is 21.2. The van der Waals surface area contributed by atoms with Gasteiger partial charge in [0.2, 0.25) is 0 Å². The van der Waals surface area contributed by atoms with E-state index in [0.717, 1.165) is 76.6 Å². The Morgan fingerprint density at radius 3 is 1.85 bits per heavy atom. The fourth-order valence-electron chi connectivity index (χ4n) is 10.00. The molecule has 0 bridgehead atoms. The molecule has 0 radical (unpaired) electrons. The number of imidazole rings is 1. The molecule has 0 aliphatic rings. The molecular weight excluding hydrogens is 767 g/mol. The maximum absolute atomic E-state index is 9.77. The number of hydrogen-bond donors (Lipinski definition) is 0. The molecular formula is C54H29N5OS. The molecule has 0 unspecified atom stereocenters. The van der Waals surface area contributed by atoms with E-state index in [0.29, 0.717) is 5.56 Å². The van der Waals surface area contributed by atoms with Crippen LogP contribution >= 0.6 is 11.3 Å². The van der Waals surface area contributed by atoms with Gasteiger partial charge in [-0.25, -0.2) is 4.98 Å². The first-order chi connectivity index (χ1) is 30.2. The summed E-state index contributed by atoms with van der Waals surface area (Å²) in [6.45, 7) is 0. The van der Waals surface area contributed by atoms with Crippen LogP contribution in [0.4, 0.5) is 0 Å². The van der Waals surface area contributed by atoms with Crippen LogP contribution in [0.2, 0.25) is 0 Å². The number of nitriles is 1. The van der Waals surface area contributed by atoms with E-state index in [4.69, 9.17) is 9.40 Å². The van der Waals surface area contributed by atoms with Gasteiger partial charge in [-0.3, -0.25) is 4.40 Å². The van der Waals surface area contributed by atoms with Gasteiger partial charge in [-0.05, 0) is 102 Å². The molecule has 14 rings (SSSR count). The summed E-state index contributed by atoms with van der Waals surface area (Å²) in [5.74, 6) is 0. The van der Waals surface area contributed by atoms with Crippen LogP contribution in [0.1, 0.15) is 5.56 Å². The summed E-state index contributed by atoms with van der Waals surface area (Å²) in [6.07, 6.45) is 0. The van der Waals surface area contributed by atoms with Gasteiger partial charge in [0.15, 0.2) is 11.2 Å². The monoisotopic (exact) mass is 795 g/mol. The van der Waals surface area contributed by atoms with Gasteiger partial charge in [0.25, 0.3) is 0 Å². The molecule has 0 fully saturated rings. The highest BCUT2D eigenvalue weighted by molar-refractivity contribution is 7.26. The van der Waals surface area contributed by atoms with E-state index >= 15 is 0 Å². The predicted molar refractivity (Wildman–Crippen MR) is 252 cm³/mol. The smallest absolute Gasteiger partial charge is 0.182 e. The normalized spacial score (nSPS) is 12.2. The van der Waals surface area contributed by atoms with E-state index in [1.54, 1.807) is 11.3 Å². The summed E-state index contributed by atoms with van der Waals surface area (Å²) in [4.78, 5) is 5.13. The Morgan fingerprint density at radius 1 is 0.508 bits per heavy atom. The second-order valence-electron chi connectivity index (χ2n) is 15.9. The number of rotatable bonds is 3. The third-order valence-corrected chi connectivity index (χ3v) is 13.8. The molecule has 0 saturated heterocycles. The minimum Gasteiger partial charge on any atom is -0.452 e.